The molecule has 0 radical (unpaired) electrons. The predicted molar refractivity (Wildman–Crippen MR) is 88.5 cm³/mol. The van der Waals surface area contributed by atoms with E-state index in [9.17, 15) is 5.26 Å². The van der Waals surface area contributed by atoms with E-state index >= 15 is 0 Å². The Labute approximate surface area is 131 Å². The van der Waals surface area contributed by atoms with Crippen molar-refractivity contribution < 1.29 is 0 Å². The molecule has 0 aliphatic rings. The third kappa shape index (κ3) is 3.46. The van der Waals surface area contributed by atoms with E-state index in [2.05, 4.69) is 49.2 Å². The SMILES string of the molecule is CCc1c(C)nc(SCc2cccc(C)c2)c(C#N)c1C. The summed E-state index contributed by atoms with van der Waals surface area (Å²) in [5, 5.41) is 10.3. The molecule has 0 atom stereocenters. The smallest absolute Gasteiger partial charge is 0.115 e. The number of aromatic nitrogens is 1. The number of hydrogen-bond donors (Lipinski definition) is 0. The van der Waals surface area contributed by atoms with Gasteiger partial charge in [0.15, 0.2) is 0 Å². The van der Waals surface area contributed by atoms with Crippen LogP contribution >= 0.6 is 11.8 Å². The molecule has 2 rings (SSSR count). The van der Waals surface area contributed by atoms with Gasteiger partial charge in [0.25, 0.3) is 0 Å². The van der Waals surface area contributed by atoms with Crippen LogP contribution in [0.4, 0.5) is 0 Å². The van der Waals surface area contributed by atoms with E-state index in [1.807, 2.05) is 13.8 Å². The normalized spacial score (nSPS) is 10.4. The van der Waals surface area contributed by atoms with Crippen LogP contribution < -0.4 is 0 Å². The average Bonchev–Trinajstić information content (AvgIpc) is 2.45. The van der Waals surface area contributed by atoms with Gasteiger partial charge in [0.2, 0.25) is 0 Å². The monoisotopic (exact) mass is 296 g/mol. The standard InChI is InChI=1S/C18H20N2S/c1-5-16-13(3)17(10-19)18(20-14(16)4)21-11-15-8-6-7-12(2)9-15/h6-9H,5,11H2,1-4H3. The zero-order chi connectivity index (χ0) is 15.4. The molecule has 0 amide bonds. The minimum atomic E-state index is 0.732. The molecule has 0 fully saturated rings. The first kappa shape index (κ1) is 15.6. The lowest BCUT2D eigenvalue weighted by molar-refractivity contribution is 0.953. The summed E-state index contributed by atoms with van der Waals surface area (Å²) in [5.74, 6) is 0.841. The lowest BCUT2D eigenvalue weighted by Crippen LogP contribution is -2.02. The number of benzene rings is 1. The van der Waals surface area contributed by atoms with Gasteiger partial charge in [0, 0.05) is 11.4 Å². The summed E-state index contributed by atoms with van der Waals surface area (Å²) in [6, 6.07) is 10.8. The highest BCUT2D eigenvalue weighted by Gasteiger charge is 2.14. The topological polar surface area (TPSA) is 36.7 Å². The highest BCUT2D eigenvalue weighted by molar-refractivity contribution is 7.98. The summed E-state index contributed by atoms with van der Waals surface area (Å²) in [5.41, 5.74) is 6.58. The summed E-state index contributed by atoms with van der Waals surface area (Å²) < 4.78 is 0. The van der Waals surface area contributed by atoms with Crippen molar-refractivity contribution in [2.75, 3.05) is 0 Å². The lowest BCUT2D eigenvalue weighted by Gasteiger charge is -2.13. The van der Waals surface area contributed by atoms with Gasteiger partial charge in [-0.25, -0.2) is 4.98 Å². The first-order valence-electron chi connectivity index (χ1n) is 7.15. The van der Waals surface area contributed by atoms with Crippen molar-refractivity contribution in [1.82, 2.24) is 4.98 Å². The van der Waals surface area contributed by atoms with E-state index in [-0.39, 0.29) is 0 Å². The largest absolute Gasteiger partial charge is 0.245 e. The molecule has 2 aromatic rings. The second-order valence-electron chi connectivity index (χ2n) is 5.22. The molecule has 3 heteroatoms. The van der Waals surface area contributed by atoms with Gasteiger partial charge in [-0.1, -0.05) is 36.8 Å². The Morgan fingerprint density at radius 2 is 2.00 bits per heavy atom. The Bertz CT molecular complexity index is 699. The molecule has 0 saturated heterocycles. The number of nitriles is 1. The molecule has 1 aromatic heterocycles. The number of hydrogen-bond acceptors (Lipinski definition) is 3. The van der Waals surface area contributed by atoms with Gasteiger partial charge >= 0.3 is 0 Å². The Kier molecular flexibility index (Phi) is 5.03. The van der Waals surface area contributed by atoms with Crippen LogP contribution in [0.25, 0.3) is 0 Å². The molecule has 0 bridgehead atoms. The highest BCUT2D eigenvalue weighted by atomic mass is 32.2. The van der Waals surface area contributed by atoms with Gasteiger partial charge < -0.3 is 0 Å². The molecule has 21 heavy (non-hydrogen) atoms. The predicted octanol–water partition coefficient (Wildman–Crippen LogP) is 4.73. The Balaban J connectivity index is 2.30. The van der Waals surface area contributed by atoms with Crippen molar-refractivity contribution in [3.05, 3.63) is 57.8 Å². The average molecular weight is 296 g/mol. The fraction of sp³-hybridized carbons (Fsp3) is 0.333. The van der Waals surface area contributed by atoms with Gasteiger partial charge in [-0.3, -0.25) is 0 Å². The highest BCUT2D eigenvalue weighted by Crippen LogP contribution is 2.29. The molecule has 0 aliphatic carbocycles. The molecule has 0 unspecified atom stereocenters. The molecule has 1 heterocycles. The minimum absolute atomic E-state index is 0.732. The summed E-state index contributed by atoms with van der Waals surface area (Å²) in [6.07, 6.45) is 0.919. The van der Waals surface area contributed by atoms with Crippen molar-refractivity contribution in [2.45, 2.75) is 44.9 Å². The van der Waals surface area contributed by atoms with E-state index in [4.69, 9.17) is 0 Å². The zero-order valence-electron chi connectivity index (χ0n) is 13.0. The molecule has 0 aliphatic heterocycles. The molecule has 1 aromatic carbocycles. The van der Waals surface area contributed by atoms with Crippen LogP contribution in [0.3, 0.4) is 0 Å². The molecule has 0 N–H and O–H groups in total. The number of aryl methyl sites for hydroxylation is 2. The number of rotatable bonds is 4. The van der Waals surface area contributed by atoms with Crippen LogP contribution in [-0.2, 0) is 12.2 Å². The summed E-state index contributed by atoms with van der Waals surface area (Å²) in [4.78, 5) is 4.65. The van der Waals surface area contributed by atoms with Crippen molar-refractivity contribution in [3.63, 3.8) is 0 Å². The van der Waals surface area contributed by atoms with Crippen LogP contribution in [0.5, 0.6) is 0 Å². The Hall–Kier alpha value is -1.79. The van der Waals surface area contributed by atoms with Crippen molar-refractivity contribution >= 4 is 11.8 Å². The van der Waals surface area contributed by atoms with E-state index in [1.165, 1.54) is 16.7 Å². The quantitative estimate of drug-likeness (QED) is 0.765. The van der Waals surface area contributed by atoms with E-state index < -0.39 is 0 Å². The van der Waals surface area contributed by atoms with E-state index in [1.54, 1.807) is 11.8 Å². The van der Waals surface area contributed by atoms with Gasteiger partial charge in [0.1, 0.15) is 11.1 Å². The fourth-order valence-electron chi connectivity index (χ4n) is 2.57. The number of pyridine rings is 1. The van der Waals surface area contributed by atoms with Crippen molar-refractivity contribution in [1.29, 1.82) is 5.26 Å². The van der Waals surface area contributed by atoms with Crippen LogP contribution in [0, 0.1) is 32.1 Å². The maximum atomic E-state index is 9.45. The fourth-order valence-corrected chi connectivity index (χ4v) is 3.60. The first-order valence-corrected chi connectivity index (χ1v) is 8.13. The van der Waals surface area contributed by atoms with Gasteiger partial charge in [-0.15, -0.1) is 11.8 Å². The lowest BCUT2D eigenvalue weighted by atomic mass is 10.0. The third-order valence-electron chi connectivity index (χ3n) is 3.67. The molecular formula is C18H20N2S. The van der Waals surface area contributed by atoms with Crippen molar-refractivity contribution in [3.8, 4) is 6.07 Å². The molecule has 0 spiro atoms. The third-order valence-corrected chi connectivity index (χ3v) is 4.72. The maximum absolute atomic E-state index is 9.45. The second-order valence-corrected chi connectivity index (χ2v) is 6.19. The molecule has 108 valence electrons. The minimum Gasteiger partial charge on any atom is -0.245 e. The summed E-state index contributed by atoms with van der Waals surface area (Å²) in [6.45, 7) is 8.27. The first-order chi connectivity index (χ1) is 10.1. The number of nitrogens with zero attached hydrogens (tertiary/aromatic N) is 2. The van der Waals surface area contributed by atoms with Crippen LogP contribution in [-0.4, -0.2) is 4.98 Å². The number of thioether (sulfide) groups is 1. The van der Waals surface area contributed by atoms with Crippen LogP contribution in [0.15, 0.2) is 29.3 Å². The molecule has 0 saturated carbocycles. The van der Waals surface area contributed by atoms with Gasteiger partial charge in [-0.2, -0.15) is 5.26 Å². The van der Waals surface area contributed by atoms with Crippen LogP contribution in [0.2, 0.25) is 0 Å². The Morgan fingerprint density at radius 1 is 1.24 bits per heavy atom. The van der Waals surface area contributed by atoms with E-state index in [0.717, 1.165) is 34.0 Å². The second kappa shape index (κ2) is 6.78. The van der Waals surface area contributed by atoms with Gasteiger partial charge in [0.05, 0.1) is 5.56 Å². The van der Waals surface area contributed by atoms with Crippen LogP contribution in [0.1, 0.15) is 40.4 Å². The summed E-state index contributed by atoms with van der Waals surface area (Å²) in [7, 11) is 0. The molecule has 2 nitrogen and oxygen atoms in total. The van der Waals surface area contributed by atoms with Gasteiger partial charge in [-0.05, 0) is 43.9 Å². The zero-order valence-corrected chi connectivity index (χ0v) is 13.8. The summed E-state index contributed by atoms with van der Waals surface area (Å²) >= 11 is 1.65. The maximum Gasteiger partial charge on any atom is 0.115 e. The van der Waals surface area contributed by atoms with E-state index in [0.29, 0.717) is 0 Å². The Morgan fingerprint density at radius 3 is 2.62 bits per heavy atom. The molecular weight excluding hydrogens is 276 g/mol. The van der Waals surface area contributed by atoms with Crippen molar-refractivity contribution in [2.24, 2.45) is 0 Å².